The molecule has 0 spiro atoms. The SMILES string of the molecule is CN(CCNCc1cc(Cl)cc(Cl)c1)C1=Nc2nc(Cl)c(Br)cc2C1. The van der Waals surface area contributed by atoms with E-state index in [1.54, 1.807) is 6.07 Å². The first kappa shape index (κ1) is 18.9. The van der Waals surface area contributed by atoms with E-state index in [-0.39, 0.29) is 0 Å². The largest absolute Gasteiger partial charge is 0.361 e. The zero-order valence-corrected chi connectivity index (χ0v) is 17.3. The highest BCUT2D eigenvalue weighted by Crippen LogP contribution is 2.31. The van der Waals surface area contributed by atoms with E-state index in [1.165, 1.54) is 0 Å². The highest BCUT2D eigenvalue weighted by molar-refractivity contribution is 9.10. The first-order valence-electron chi connectivity index (χ1n) is 7.71. The standard InChI is InChI=1S/C17H16BrCl3N4/c1-25(3-2-22-9-10-4-12(19)8-13(20)5-10)15-7-11-6-14(18)16(21)24-17(11)23-15/h4-6,8,22H,2-3,7,9H2,1H3. The molecular formula is C17H16BrCl3N4. The maximum Gasteiger partial charge on any atom is 0.159 e. The summed E-state index contributed by atoms with van der Waals surface area (Å²) >= 11 is 21.5. The summed E-state index contributed by atoms with van der Waals surface area (Å²) in [5.41, 5.74) is 2.15. The van der Waals surface area contributed by atoms with Crippen LogP contribution in [0.2, 0.25) is 15.2 Å². The topological polar surface area (TPSA) is 40.5 Å². The third kappa shape index (κ3) is 4.86. The van der Waals surface area contributed by atoms with Crippen molar-refractivity contribution < 1.29 is 0 Å². The van der Waals surface area contributed by atoms with Crippen molar-refractivity contribution in [2.45, 2.75) is 13.0 Å². The molecule has 1 aliphatic rings. The maximum absolute atomic E-state index is 6.03. The lowest BCUT2D eigenvalue weighted by Crippen LogP contribution is -2.33. The monoisotopic (exact) mass is 460 g/mol. The van der Waals surface area contributed by atoms with E-state index in [0.717, 1.165) is 40.9 Å². The number of benzene rings is 1. The minimum Gasteiger partial charge on any atom is -0.361 e. The number of rotatable bonds is 5. The molecule has 0 radical (unpaired) electrons. The number of amidine groups is 1. The molecular weight excluding hydrogens is 446 g/mol. The normalized spacial score (nSPS) is 12.9. The summed E-state index contributed by atoms with van der Waals surface area (Å²) in [6, 6.07) is 7.54. The van der Waals surface area contributed by atoms with Crippen LogP contribution in [0.4, 0.5) is 5.82 Å². The Balaban J connectivity index is 1.50. The Hall–Kier alpha value is -0.850. The van der Waals surface area contributed by atoms with Crippen LogP contribution in [0.1, 0.15) is 11.1 Å². The Labute approximate surface area is 170 Å². The van der Waals surface area contributed by atoms with Gasteiger partial charge in [-0.15, -0.1) is 0 Å². The average molecular weight is 463 g/mol. The minimum absolute atomic E-state index is 0.438. The summed E-state index contributed by atoms with van der Waals surface area (Å²) in [6.07, 6.45) is 0.762. The molecule has 25 heavy (non-hydrogen) atoms. The molecule has 0 amide bonds. The second-order valence-electron chi connectivity index (χ2n) is 5.82. The van der Waals surface area contributed by atoms with Gasteiger partial charge in [0.05, 0.1) is 4.47 Å². The molecule has 1 N–H and O–H groups in total. The van der Waals surface area contributed by atoms with Gasteiger partial charge in [0.1, 0.15) is 11.0 Å². The molecule has 1 aromatic heterocycles. The number of halogens is 4. The summed E-state index contributed by atoms with van der Waals surface area (Å²) < 4.78 is 0.800. The van der Waals surface area contributed by atoms with Crippen molar-refractivity contribution in [3.8, 4) is 0 Å². The minimum atomic E-state index is 0.438. The van der Waals surface area contributed by atoms with E-state index < -0.39 is 0 Å². The summed E-state index contributed by atoms with van der Waals surface area (Å²) in [6.45, 7) is 2.36. The fourth-order valence-corrected chi connectivity index (χ4v) is 3.67. The molecule has 0 unspecified atom stereocenters. The number of aliphatic imine (C=N–C) groups is 1. The number of hydrogen-bond donors (Lipinski definition) is 1. The van der Waals surface area contributed by atoms with Gasteiger partial charge in [0.2, 0.25) is 0 Å². The number of aromatic nitrogens is 1. The summed E-state index contributed by atoms with van der Waals surface area (Å²) in [5, 5.41) is 5.13. The van der Waals surface area contributed by atoms with Crippen LogP contribution in [0.15, 0.2) is 33.7 Å². The smallest absolute Gasteiger partial charge is 0.159 e. The summed E-state index contributed by atoms with van der Waals surface area (Å²) in [4.78, 5) is 11.0. The second-order valence-corrected chi connectivity index (χ2v) is 7.91. The molecule has 0 bridgehead atoms. The molecule has 132 valence electrons. The third-order valence-electron chi connectivity index (χ3n) is 3.89. The van der Waals surface area contributed by atoms with Gasteiger partial charge < -0.3 is 10.2 Å². The number of pyridine rings is 1. The van der Waals surface area contributed by atoms with Crippen molar-refractivity contribution in [3.05, 3.63) is 55.1 Å². The van der Waals surface area contributed by atoms with Gasteiger partial charge in [-0.3, -0.25) is 0 Å². The predicted octanol–water partition coefficient (Wildman–Crippen LogP) is 5.11. The maximum atomic E-state index is 6.03. The van der Waals surface area contributed by atoms with Gasteiger partial charge in [-0.2, -0.15) is 0 Å². The van der Waals surface area contributed by atoms with E-state index in [4.69, 9.17) is 34.8 Å². The van der Waals surface area contributed by atoms with E-state index in [2.05, 4.69) is 36.1 Å². The number of nitrogens with zero attached hydrogens (tertiary/aromatic N) is 3. The molecule has 1 aliphatic heterocycles. The van der Waals surface area contributed by atoms with Crippen molar-refractivity contribution in [2.75, 3.05) is 20.1 Å². The van der Waals surface area contributed by atoms with E-state index in [9.17, 15) is 0 Å². The molecule has 2 aromatic rings. The zero-order chi connectivity index (χ0) is 18.0. The van der Waals surface area contributed by atoms with Crippen LogP contribution in [0.3, 0.4) is 0 Å². The fraction of sp³-hybridized carbons (Fsp3) is 0.294. The summed E-state index contributed by atoms with van der Waals surface area (Å²) in [7, 11) is 2.03. The lowest BCUT2D eigenvalue weighted by Gasteiger charge is -2.19. The van der Waals surface area contributed by atoms with Crippen molar-refractivity contribution in [1.82, 2.24) is 15.2 Å². The number of fused-ring (bicyclic) bond motifs is 1. The third-order valence-corrected chi connectivity index (χ3v) is 5.45. The first-order chi connectivity index (χ1) is 11.9. The number of likely N-dealkylation sites (N-methyl/N-ethyl adjacent to an activating group) is 1. The highest BCUT2D eigenvalue weighted by atomic mass is 79.9. The molecule has 0 aliphatic carbocycles. The van der Waals surface area contributed by atoms with Gasteiger partial charge in [-0.25, -0.2) is 9.98 Å². The molecule has 0 atom stereocenters. The lowest BCUT2D eigenvalue weighted by atomic mass is 10.2. The molecule has 0 saturated heterocycles. The van der Waals surface area contributed by atoms with Gasteiger partial charge >= 0.3 is 0 Å². The molecule has 0 fully saturated rings. The Morgan fingerprint density at radius 2 is 1.88 bits per heavy atom. The molecule has 1 aromatic carbocycles. The molecule has 3 rings (SSSR count). The van der Waals surface area contributed by atoms with Gasteiger partial charge in [-0.05, 0) is 45.8 Å². The molecule has 2 heterocycles. The highest BCUT2D eigenvalue weighted by Gasteiger charge is 2.20. The Kier molecular flexibility index (Phi) is 6.23. The van der Waals surface area contributed by atoms with Gasteiger partial charge in [0.25, 0.3) is 0 Å². The van der Waals surface area contributed by atoms with Crippen LogP contribution in [-0.2, 0) is 13.0 Å². The van der Waals surface area contributed by atoms with Crippen molar-refractivity contribution in [2.24, 2.45) is 4.99 Å². The van der Waals surface area contributed by atoms with E-state index in [1.807, 2.05) is 25.2 Å². The van der Waals surface area contributed by atoms with Crippen molar-refractivity contribution in [3.63, 3.8) is 0 Å². The lowest BCUT2D eigenvalue weighted by molar-refractivity contribution is 0.477. The van der Waals surface area contributed by atoms with E-state index >= 15 is 0 Å². The van der Waals surface area contributed by atoms with Crippen molar-refractivity contribution >= 4 is 62.4 Å². The average Bonchev–Trinajstić information content (AvgIpc) is 2.94. The Bertz CT molecular complexity index is 806. The Morgan fingerprint density at radius 3 is 2.60 bits per heavy atom. The van der Waals surface area contributed by atoms with Gasteiger partial charge in [0, 0.05) is 48.7 Å². The number of hydrogen-bond acceptors (Lipinski definition) is 4. The van der Waals surface area contributed by atoms with Gasteiger partial charge in [-0.1, -0.05) is 34.8 Å². The van der Waals surface area contributed by atoms with Crippen LogP contribution in [0.5, 0.6) is 0 Å². The number of nitrogens with one attached hydrogen (secondary N) is 1. The first-order valence-corrected chi connectivity index (χ1v) is 9.64. The molecule has 0 saturated carbocycles. The quantitative estimate of drug-likeness (QED) is 0.496. The van der Waals surface area contributed by atoms with Crippen LogP contribution in [0.25, 0.3) is 0 Å². The van der Waals surface area contributed by atoms with Gasteiger partial charge in [0.15, 0.2) is 5.82 Å². The van der Waals surface area contributed by atoms with Crippen LogP contribution >= 0.6 is 50.7 Å². The second kappa shape index (κ2) is 8.23. The van der Waals surface area contributed by atoms with Crippen LogP contribution < -0.4 is 5.32 Å². The zero-order valence-electron chi connectivity index (χ0n) is 13.5. The van der Waals surface area contributed by atoms with Crippen molar-refractivity contribution in [1.29, 1.82) is 0 Å². The van der Waals surface area contributed by atoms with Crippen LogP contribution in [0, 0.1) is 0 Å². The van der Waals surface area contributed by atoms with E-state index in [0.29, 0.717) is 27.6 Å². The summed E-state index contributed by atoms with van der Waals surface area (Å²) in [5.74, 6) is 1.70. The Morgan fingerprint density at radius 1 is 1.16 bits per heavy atom. The predicted molar refractivity (Wildman–Crippen MR) is 109 cm³/mol. The molecule has 4 nitrogen and oxygen atoms in total. The molecule has 8 heteroatoms. The van der Waals surface area contributed by atoms with Crippen LogP contribution in [-0.4, -0.2) is 35.9 Å². The fourth-order valence-electron chi connectivity index (χ4n) is 2.60.